The van der Waals surface area contributed by atoms with Crippen LogP contribution in [-0.2, 0) is 36.7 Å². The molecule has 0 aliphatic rings. The fourth-order valence-electron chi connectivity index (χ4n) is 5.35. The van der Waals surface area contributed by atoms with Gasteiger partial charge < -0.3 is 30.1 Å². The molecule has 0 saturated heterocycles. The van der Waals surface area contributed by atoms with Crippen molar-refractivity contribution in [2.45, 2.75) is 97.6 Å². The standard InChI is InChI=1S/C39H51N3O7/c1-26-19-20-27(2)30(23-26)33(34(44)40-32(36(46)48-38(3,4)5)25-29-17-13-10-14-18-29)42(21-22-43)35(45)31(24-28-15-11-9-12-16-28)41-37(47)49-39(6,7)8/h9-20,23,31-33,43H,21-22,24-25H2,1-8H3,(H,40,44)(H,41,47). The summed E-state index contributed by atoms with van der Waals surface area (Å²) in [6.45, 7) is 13.4. The summed E-state index contributed by atoms with van der Waals surface area (Å²) in [6, 6.07) is 20.4. The molecule has 10 heteroatoms. The molecule has 0 heterocycles. The van der Waals surface area contributed by atoms with E-state index in [9.17, 15) is 24.3 Å². The zero-order valence-corrected chi connectivity index (χ0v) is 29.9. The second kappa shape index (κ2) is 17.1. The molecule has 3 aromatic rings. The van der Waals surface area contributed by atoms with Crippen LogP contribution in [0.5, 0.6) is 0 Å². The van der Waals surface area contributed by atoms with Crippen molar-refractivity contribution in [1.29, 1.82) is 0 Å². The highest BCUT2D eigenvalue weighted by atomic mass is 16.6. The number of amides is 3. The predicted molar refractivity (Wildman–Crippen MR) is 189 cm³/mol. The van der Waals surface area contributed by atoms with E-state index in [4.69, 9.17) is 9.47 Å². The lowest BCUT2D eigenvalue weighted by atomic mass is 9.95. The lowest BCUT2D eigenvalue weighted by Gasteiger charge is -2.35. The van der Waals surface area contributed by atoms with Gasteiger partial charge >= 0.3 is 12.1 Å². The second-order valence-corrected chi connectivity index (χ2v) is 14.2. The van der Waals surface area contributed by atoms with Crippen molar-refractivity contribution in [3.8, 4) is 0 Å². The van der Waals surface area contributed by atoms with Gasteiger partial charge in [-0.15, -0.1) is 0 Å². The lowest BCUT2D eigenvalue weighted by molar-refractivity contribution is -0.159. The van der Waals surface area contributed by atoms with E-state index in [1.165, 1.54) is 4.90 Å². The molecule has 0 aliphatic heterocycles. The van der Waals surface area contributed by atoms with Gasteiger partial charge in [-0.05, 0) is 77.6 Å². The van der Waals surface area contributed by atoms with Crippen molar-refractivity contribution in [3.63, 3.8) is 0 Å². The fraction of sp³-hybridized carbons (Fsp3) is 0.436. The molecule has 3 rings (SSSR count). The molecule has 0 aromatic heterocycles. The molecule has 3 N–H and O–H groups in total. The number of aliphatic hydroxyl groups is 1. The maximum Gasteiger partial charge on any atom is 0.408 e. The van der Waals surface area contributed by atoms with Crippen molar-refractivity contribution in [1.82, 2.24) is 15.5 Å². The maximum atomic E-state index is 14.6. The van der Waals surface area contributed by atoms with Gasteiger partial charge in [-0.2, -0.15) is 0 Å². The van der Waals surface area contributed by atoms with Gasteiger partial charge in [-0.25, -0.2) is 9.59 Å². The summed E-state index contributed by atoms with van der Waals surface area (Å²) < 4.78 is 11.2. The molecule has 3 aromatic carbocycles. The van der Waals surface area contributed by atoms with Gasteiger partial charge in [-0.3, -0.25) is 9.59 Å². The fourth-order valence-corrected chi connectivity index (χ4v) is 5.35. The molecule has 10 nitrogen and oxygen atoms in total. The van der Waals surface area contributed by atoms with Crippen molar-refractivity contribution in [2.24, 2.45) is 0 Å². The van der Waals surface area contributed by atoms with Crippen LogP contribution < -0.4 is 10.6 Å². The van der Waals surface area contributed by atoms with Crippen molar-refractivity contribution >= 4 is 23.9 Å². The van der Waals surface area contributed by atoms with Crippen molar-refractivity contribution in [2.75, 3.05) is 13.2 Å². The molecule has 0 fully saturated rings. The Hall–Kier alpha value is -4.70. The van der Waals surface area contributed by atoms with Gasteiger partial charge in [0.2, 0.25) is 11.8 Å². The van der Waals surface area contributed by atoms with E-state index in [0.29, 0.717) is 5.56 Å². The quantitative estimate of drug-likeness (QED) is 0.208. The van der Waals surface area contributed by atoms with Crippen LogP contribution >= 0.6 is 0 Å². The summed E-state index contributed by atoms with van der Waals surface area (Å²) in [5.74, 6) is -1.88. The number of ether oxygens (including phenoxy) is 2. The molecule has 3 atom stereocenters. The lowest BCUT2D eigenvalue weighted by Crippen LogP contribution is -2.56. The number of esters is 1. The monoisotopic (exact) mass is 673 g/mol. The van der Waals surface area contributed by atoms with Gasteiger partial charge in [-0.1, -0.05) is 84.4 Å². The van der Waals surface area contributed by atoms with Gasteiger partial charge in [0.25, 0.3) is 0 Å². The SMILES string of the molecule is Cc1ccc(C)c(C(C(=O)NC(Cc2ccccc2)C(=O)OC(C)(C)C)N(CCO)C(=O)C(Cc2ccccc2)NC(=O)OC(C)(C)C)c1. The first-order valence-electron chi connectivity index (χ1n) is 16.6. The van der Waals surface area contributed by atoms with E-state index in [1.54, 1.807) is 41.5 Å². The number of alkyl carbamates (subject to hydrolysis) is 1. The molecule has 0 radical (unpaired) electrons. The summed E-state index contributed by atoms with van der Waals surface area (Å²) in [7, 11) is 0. The largest absolute Gasteiger partial charge is 0.458 e. The Kier molecular flexibility index (Phi) is 13.5. The van der Waals surface area contributed by atoms with Crippen molar-refractivity contribution in [3.05, 3.63) is 107 Å². The molecule has 0 spiro atoms. The highest BCUT2D eigenvalue weighted by Gasteiger charge is 2.39. The summed E-state index contributed by atoms with van der Waals surface area (Å²) in [5.41, 5.74) is 1.99. The number of aliphatic hydroxyl groups excluding tert-OH is 1. The second-order valence-electron chi connectivity index (χ2n) is 14.2. The van der Waals surface area contributed by atoms with Gasteiger partial charge in [0.1, 0.15) is 29.3 Å². The minimum Gasteiger partial charge on any atom is -0.458 e. The summed E-state index contributed by atoms with van der Waals surface area (Å²) in [6.07, 6.45) is -0.561. The van der Waals surface area contributed by atoms with Crippen LogP contribution in [0, 0.1) is 13.8 Å². The van der Waals surface area contributed by atoms with E-state index in [-0.39, 0.29) is 19.4 Å². The third-order valence-electron chi connectivity index (χ3n) is 7.48. The number of hydrogen-bond acceptors (Lipinski definition) is 7. The number of benzene rings is 3. The van der Waals surface area contributed by atoms with Crippen LogP contribution in [0.2, 0.25) is 0 Å². The molecule has 264 valence electrons. The number of nitrogens with zero attached hydrogens (tertiary/aromatic N) is 1. The molecule has 0 bridgehead atoms. The molecule has 0 saturated carbocycles. The summed E-state index contributed by atoms with van der Waals surface area (Å²) in [5, 5.41) is 15.9. The Balaban J connectivity index is 2.11. The number of aryl methyl sites for hydroxylation is 2. The van der Waals surface area contributed by atoms with Gasteiger partial charge in [0.15, 0.2) is 0 Å². The summed E-state index contributed by atoms with van der Waals surface area (Å²) in [4.78, 5) is 57.0. The molecule has 3 amide bonds. The number of rotatable bonds is 13. The van der Waals surface area contributed by atoms with Crippen LogP contribution in [0.1, 0.15) is 75.4 Å². The zero-order chi connectivity index (χ0) is 36.4. The van der Waals surface area contributed by atoms with Crippen LogP contribution in [0.25, 0.3) is 0 Å². The van der Waals surface area contributed by atoms with Crippen molar-refractivity contribution < 1.29 is 33.8 Å². The first kappa shape index (κ1) is 38.7. The number of carbonyl (C=O) groups excluding carboxylic acids is 4. The molecule has 3 unspecified atom stereocenters. The Bertz CT molecular complexity index is 1560. The number of nitrogens with one attached hydrogen (secondary N) is 2. The third-order valence-corrected chi connectivity index (χ3v) is 7.48. The number of carbonyl (C=O) groups is 4. The molecule has 49 heavy (non-hydrogen) atoms. The predicted octanol–water partition coefficient (Wildman–Crippen LogP) is 5.37. The van der Waals surface area contributed by atoms with E-state index in [1.807, 2.05) is 92.7 Å². The topological polar surface area (TPSA) is 134 Å². The maximum absolute atomic E-state index is 14.6. The van der Waals surface area contributed by atoms with Crippen LogP contribution in [-0.4, -0.2) is 70.3 Å². The minimum atomic E-state index is -1.28. The van der Waals surface area contributed by atoms with E-state index < -0.39 is 59.8 Å². The van der Waals surface area contributed by atoms with Crippen LogP contribution in [0.4, 0.5) is 4.79 Å². The highest BCUT2D eigenvalue weighted by Crippen LogP contribution is 2.28. The Labute approximate surface area is 290 Å². The van der Waals surface area contributed by atoms with Crippen LogP contribution in [0.15, 0.2) is 78.9 Å². The summed E-state index contributed by atoms with van der Waals surface area (Å²) >= 11 is 0. The first-order chi connectivity index (χ1) is 23.0. The van der Waals surface area contributed by atoms with E-state index in [2.05, 4.69) is 10.6 Å². The minimum absolute atomic E-state index is 0.0938. The third kappa shape index (κ3) is 12.4. The Morgan fingerprint density at radius 2 is 1.27 bits per heavy atom. The number of hydrogen-bond donors (Lipinski definition) is 3. The van der Waals surface area contributed by atoms with E-state index in [0.717, 1.165) is 22.3 Å². The average molecular weight is 674 g/mol. The zero-order valence-electron chi connectivity index (χ0n) is 29.9. The van der Waals surface area contributed by atoms with Gasteiger partial charge in [0, 0.05) is 19.4 Å². The molecule has 0 aliphatic carbocycles. The molecular formula is C39H51N3O7. The highest BCUT2D eigenvalue weighted by molar-refractivity contribution is 5.94. The normalized spacial score (nSPS) is 13.4. The van der Waals surface area contributed by atoms with Crippen LogP contribution in [0.3, 0.4) is 0 Å². The first-order valence-corrected chi connectivity index (χ1v) is 16.6. The van der Waals surface area contributed by atoms with Gasteiger partial charge in [0.05, 0.1) is 6.61 Å². The van der Waals surface area contributed by atoms with E-state index >= 15 is 0 Å². The average Bonchev–Trinajstić information content (AvgIpc) is 3.00. The Morgan fingerprint density at radius 1 is 0.735 bits per heavy atom. The molecular weight excluding hydrogens is 622 g/mol. The Morgan fingerprint density at radius 3 is 1.78 bits per heavy atom. The smallest absolute Gasteiger partial charge is 0.408 e.